The van der Waals surface area contributed by atoms with E-state index in [9.17, 15) is 14.0 Å². The Hall–Kier alpha value is -3.75. The van der Waals surface area contributed by atoms with Crippen LogP contribution in [0.2, 0.25) is 0 Å². The van der Waals surface area contributed by atoms with Gasteiger partial charge in [0.05, 0.1) is 17.9 Å². The summed E-state index contributed by atoms with van der Waals surface area (Å²) in [6.45, 7) is 3.21. The molecule has 9 heteroatoms. The third-order valence-corrected chi connectivity index (χ3v) is 5.99. The number of anilines is 1. The van der Waals surface area contributed by atoms with Crippen molar-refractivity contribution in [2.75, 3.05) is 24.5 Å². The number of carbonyl (C=O) groups excluding carboxylic acids is 2. The molecule has 2 amide bonds. The minimum Gasteiger partial charge on any atom is -0.476 e. The zero-order valence-electron chi connectivity index (χ0n) is 18.3. The summed E-state index contributed by atoms with van der Waals surface area (Å²) >= 11 is 0. The lowest BCUT2D eigenvalue weighted by Gasteiger charge is -2.37. The highest BCUT2D eigenvalue weighted by Gasteiger charge is 2.37. The van der Waals surface area contributed by atoms with Gasteiger partial charge < -0.3 is 9.64 Å². The maximum absolute atomic E-state index is 13.5. The van der Waals surface area contributed by atoms with Crippen molar-refractivity contribution < 1.29 is 18.7 Å². The Morgan fingerprint density at radius 3 is 2.52 bits per heavy atom. The van der Waals surface area contributed by atoms with Crippen LogP contribution in [0.15, 0.2) is 48.5 Å². The van der Waals surface area contributed by atoms with Gasteiger partial charge in [-0.25, -0.2) is 14.1 Å². The van der Waals surface area contributed by atoms with Crippen molar-refractivity contribution in [1.29, 1.82) is 0 Å². The fraction of sp³-hybridized carbons (Fsp3) is 0.333. The summed E-state index contributed by atoms with van der Waals surface area (Å²) in [7, 11) is 0. The minimum absolute atomic E-state index is 0.00213. The molecule has 2 aliphatic heterocycles. The van der Waals surface area contributed by atoms with Crippen LogP contribution in [-0.2, 0) is 4.79 Å². The van der Waals surface area contributed by atoms with Gasteiger partial charge in [-0.3, -0.25) is 14.5 Å². The van der Waals surface area contributed by atoms with E-state index in [1.807, 2.05) is 11.0 Å². The van der Waals surface area contributed by atoms with Crippen molar-refractivity contribution in [2.45, 2.75) is 32.3 Å². The van der Waals surface area contributed by atoms with E-state index in [0.717, 1.165) is 19.3 Å². The molecule has 1 aromatic heterocycles. The zero-order chi connectivity index (χ0) is 22.9. The number of hydrogen-bond donors (Lipinski definition) is 0. The van der Waals surface area contributed by atoms with Crippen molar-refractivity contribution in [3.8, 4) is 11.4 Å². The Balaban J connectivity index is 1.44. The Morgan fingerprint density at radius 1 is 1.03 bits per heavy atom. The van der Waals surface area contributed by atoms with Crippen LogP contribution in [-0.4, -0.2) is 57.2 Å². The molecule has 0 radical (unpaired) electrons. The summed E-state index contributed by atoms with van der Waals surface area (Å²) in [5, 5.41) is 4.37. The maximum Gasteiger partial charge on any atom is 0.298 e. The molecule has 2 aromatic carbocycles. The second-order valence-electron chi connectivity index (χ2n) is 8.25. The molecule has 170 valence electrons. The monoisotopic (exact) mass is 449 g/mol. The molecule has 0 spiro atoms. The van der Waals surface area contributed by atoms with Crippen LogP contribution in [0.3, 0.4) is 0 Å². The first-order chi connectivity index (χ1) is 16.0. The van der Waals surface area contributed by atoms with Gasteiger partial charge in [-0.2, -0.15) is 0 Å². The van der Waals surface area contributed by atoms with E-state index in [1.54, 1.807) is 37.3 Å². The number of benzene rings is 2. The van der Waals surface area contributed by atoms with Gasteiger partial charge >= 0.3 is 0 Å². The van der Waals surface area contributed by atoms with Crippen LogP contribution >= 0.6 is 0 Å². The normalized spacial score (nSPS) is 17.9. The summed E-state index contributed by atoms with van der Waals surface area (Å²) in [6.07, 6.45) is 2.27. The summed E-state index contributed by atoms with van der Waals surface area (Å²) < 4.78 is 20.8. The van der Waals surface area contributed by atoms with E-state index in [4.69, 9.17) is 4.74 Å². The predicted octanol–water partition coefficient (Wildman–Crippen LogP) is 3.14. The van der Waals surface area contributed by atoms with Crippen LogP contribution in [0.25, 0.3) is 5.69 Å². The van der Waals surface area contributed by atoms with Gasteiger partial charge in [0.15, 0.2) is 6.10 Å². The first-order valence-corrected chi connectivity index (χ1v) is 11.1. The molecule has 1 atom stereocenters. The largest absolute Gasteiger partial charge is 0.476 e. The van der Waals surface area contributed by atoms with Crippen molar-refractivity contribution in [3.05, 3.63) is 66.0 Å². The first kappa shape index (κ1) is 21.1. The molecule has 3 heterocycles. The van der Waals surface area contributed by atoms with Gasteiger partial charge in [0.1, 0.15) is 17.4 Å². The first-order valence-electron chi connectivity index (χ1n) is 11.1. The summed E-state index contributed by atoms with van der Waals surface area (Å²) in [4.78, 5) is 34.3. The number of carbonyl (C=O) groups is 2. The SMILES string of the molecule is Cc1nc(C(=O)N2C[C@H](C(=O)N3CCCCC3)Oc3ccccc32)nn1-c1ccc(F)cc1. The van der Waals surface area contributed by atoms with Crippen LogP contribution in [0.1, 0.15) is 35.7 Å². The summed E-state index contributed by atoms with van der Waals surface area (Å²) in [5.74, 6) is 0.0728. The molecule has 0 aliphatic carbocycles. The second-order valence-corrected chi connectivity index (χ2v) is 8.25. The van der Waals surface area contributed by atoms with E-state index < -0.39 is 12.0 Å². The van der Waals surface area contributed by atoms with Gasteiger partial charge in [0.2, 0.25) is 5.82 Å². The molecule has 5 rings (SSSR count). The number of aryl methyl sites for hydroxylation is 1. The number of rotatable bonds is 3. The predicted molar refractivity (Wildman–Crippen MR) is 119 cm³/mol. The van der Waals surface area contributed by atoms with Crippen molar-refractivity contribution in [3.63, 3.8) is 0 Å². The van der Waals surface area contributed by atoms with Crippen LogP contribution in [0.4, 0.5) is 10.1 Å². The molecular weight excluding hydrogens is 425 g/mol. The number of likely N-dealkylation sites (tertiary alicyclic amines) is 1. The molecule has 0 saturated carbocycles. The zero-order valence-corrected chi connectivity index (χ0v) is 18.3. The Bertz CT molecular complexity index is 1190. The minimum atomic E-state index is -0.790. The standard InChI is InChI=1S/C24H24FN5O3/c1-16-26-22(27-30(16)18-11-9-17(25)10-12-18)24(32)29-15-21(23(31)28-13-5-2-6-14-28)33-20-8-4-3-7-19(20)29/h3-4,7-12,21H,2,5-6,13-15H2,1H3/t21-/m1/s1. The van der Waals surface area contributed by atoms with Gasteiger partial charge in [-0.15, -0.1) is 5.10 Å². The highest BCUT2D eigenvalue weighted by molar-refractivity contribution is 6.05. The number of aromatic nitrogens is 3. The lowest BCUT2D eigenvalue weighted by molar-refractivity contribution is -0.139. The fourth-order valence-electron chi connectivity index (χ4n) is 4.30. The molecule has 1 saturated heterocycles. The van der Waals surface area contributed by atoms with E-state index in [0.29, 0.717) is 36.0 Å². The van der Waals surface area contributed by atoms with Crippen molar-refractivity contribution in [2.24, 2.45) is 0 Å². The smallest absolute Gasteiger partial charge is 0.298 e. The highest BCUT2D eigenvalue weighted by atomic mass is 19.1. The van der Waals surface area contributed by atoms with E-state index in [1.165, 1.54) is 21.7 Å². The number of fused-ring (bicyclic) bond motifs is 1. The van der Waals surface area contributed by atoms with Gasteiger partial charge in [-0.1, -0.05) is 12.1 Å². The molecule has 0 bridgehead atoms. The Kier molecular flexibility index (Phi) is 5.53. The number of piperidine rings is 1. The Morgan fingerprint density at radius 2 is 1.76 bits per heavy atom. The lowest BCUT2D eigenvalue weighted by Crippen LogP contribution is -2.53. The van der Waals surface area contributed by atoms with Crippen LogP contribution < -0.4 is 9.64 Å². The second kappa shape index (κ2) is 8.65. The molecule has 8 nitrogen and oxygen atoms in total. The number of ether oxygens (including phenoxy) is 1. The number of halogens is 1. The molecule has 0 unspecified atom stereocenters. The molecular formula is C24H24FN5O3. The fourth-order valence-corrected chi connectivity index (χ4v) is 4.30. The number of hydrogen-bond acceptors (Lipinski definition) is 5. The van der Waals surface area contributed by atoms with Crippen LogP contribution in [0.5, 0.6) is 5.75 Å². The third-order valence-electron chi connectivity index (χ3n) is 5.99. The number of para-hydroxylation sites is 2. The van der Waals surface area contributed by atoms with E-state index in [2.05, 4.69) is 10.1 Å². The maximum atomic E-state index is 13.5. The lowest BCUT2D eigenvalue weighted by atomic mass is 10.1. The topological polar surface area (TPSA) is 80.6 Å². The molecule has 1 fully saturated rings. The van der Waals surface area contributed by atoms with Crippen LogP contribution in [0, 0.1) is 12.7 Å². The van der Waals surface area contributed by atoms with Gasteiger partial charge in [-0.05, 0) is 62.6 Å². The summed E-state index contributed by atoms with van der Waals surface area (Å²) in [6, 6.07) is 12.9. The molecule has 2 aliphatic rings. The average molecular weight is 449 g/mol. The van der Waals surface area contributed by atoms with Crippen molar-refractivity contribution >= 4 is 17.5 Å². The average Bonchev–Trinajstić information content (AvgIpc) is 3.25. The third kappa shape index (κ3) is 4.06. The summed E-state index contributed by atoms with van der Waals surface area (Å²) in [5.41, 5.74) is 1.17. The Labute approximate surface area is 190 Å². The van der Waals surface area contributed by atoms with E-state index in [-0.39, 0.29) is 24.1 Å². The van der Waals surface area contributed by atoms with Gasteiger partial charge in [0, 0.05) is 13.1 Å². The number of amides is 2. The highest BCUT2D eigenvalue weighted by Crippen LogP contribution is 2.34. The quantitative estimate of drug-likeness (QED) is 0.614. The van der Waals surface area contributed by atoms with Crippen molar-refractivity contribution in [1.82, 2.24) is 19.7 Å². The molecule has 0 N–H and O–H groups in total. The number of nitrogens with zero attached hydrogens (tertiary/aromatic N) is 5. The van der Waals surface area contributed by atoms with Gasteiger partial charge in [0.25, 0.3) is 11.8 Å². The molecule has 3 aromatic rings. The van der Waals surface area contributed by atoms with E-state index >= 15 is 0 Å². The molecule has 33 heavy (non-hydrogen) atoms.